The summed E-state index contributed by atoms with van der Waals surface area (Å²) in [5.74, 6) is 6.17. The van der Waals surface area contributed by atoms with Crippen LogP contribution in [-0.2, 0) is 6.54 Å². The zero-order valence-corrected chi connectivity index (χ0v) is 9.20. The van der Waals surface area contributed by atoms with E-state index in [9.17, 15) is 0 Å². The molecule has 1 atom stereocenters. The van der Waals surface area contributed by atoms with Crippen molar-refractivity contribution in [2.24, 2.45) is 11.8 Å². The molecule has 14 heavy (non-hydrogen) atoms. The molecule has 1 unspecified atom stereocenters. The molecule has 80 valence electrons. The van der Waals surface area contributed by atoms with Gasteiger partial charge in [-0.25, -0.2) is 0 Å². The molecule has 0 fully saturated rings. The lowest BCUT2D eigenvalue weighted by molar-refractivity contribution is 0.410. The third kappa shape index (κ3) is 2.56. The SMILES string of the molecule is CCn1nccc1C(CC(C)C)NN. The number of hydrogen-bond donors (Lipinski definition) is 2. The predicted octanol–water partition coefficient (Wildman–Crippen LogP) is 1.45. The number of aryl methyl sites for hydroxylation is 1. The van der Waals surface area contributed by atoms with Gasteiger partial charge in [-0.2, -0.15) is 5.10 Å². The molecule has 0 spiro atoms. The van der Waals surface area contributed by atoms with Gasteiger partial charge in [-0.15, -0.1) is 0 Å². The number of aromatic nitrogens is 2. The van der Waals surface area contributed by atoms with Gasteiger partial charge in [0, 0.05) is 12.7 Å². The summed E-state index contributed by atoms with van der Waals surface area (Å²) in [7, 11) is 0. The highest BCUT2D eigenvalue weighted by Crippen LogP contribution is 2.19. The second-order valence-corrected chi connectivity index (χ2v) is 3.92. The van der Waals surface area contributed by atoms with Crippen molar-refractivity contribution in [3.63, 3.8) is 0 Å². The van der Waals surface area contributed by atoms with E-state index in [0.717, 1.165) is 13.0 Å². The molecule has 0 radical (unpaired) electrons. The van der Waals surface area contributed by atoms with Crippen molar-refractivity contribution >= 4 is 0 Å². The summed E-state index contributed by atoms with van der Waals surface area (Å²) in [5.41, 5.74) is 4.02. The Bertz CT molecular complexity index is 267. The minimum atomic E-state index is 0.206. The Hall–Kier alpha value is -0.870. The Morgan fingerprint density at radius 2 is 2.29 bits per heavy atom. The Labute approximate surface area is 85.5 Å². The number of nitrogens with zero attached hydrogens (tertiary/aromatic N) is 2. The molecular weight excluding hydrogens is 176 g/mol. The van der Waals surface area contributed by atoms with E-state index in [-0.39, 0.29) is 6.04 Å². The second kappa shape index (κ2) is 5.12. The summed E-state index contributed by atoms with van der Waals surface area (Å²) >= 11 is 0. The molecule has 0 aliphatic carbocycles. The molecule has 4 nitrogen and oxygen atoms in total. The Morgan fingerprint density at radius 1 is 1.57 bits per heavy atom. The first kappa shape index (κ1) is 11.2. The summed E-state index contributed by atoms with van der Waals surface area (Å²) in [5, 5.41) is 4.23. The van der Waals surface area contributed by atoms with Gasteiger partial charge in [0.05, 0.1) is 11.7 Å². The van der Waals surface area contributed by atoms with Crippen molar-refractivity contribution in [1.29, 1.82) is 0 Å². The summed E-state index contributed by atoms with van der Waals surface area (Å²) < 4.78 is 1.98. The highest BCUT2D eigenvalue weighted by molar-refractivity contribution is 5.06. The van der Waals surface area contributed by atoms with Crippen LogP contribution in [0.25, 0.3) is 0 Å². The highest BCUT2D eigenvalue weighted by atomic mass is 15.3. The fourth-order valence-corrected chi connectivity index (χ4v) is 1.65. The van der Waals surface area contributed by atoms with Crippen molar-refractivity contribution in [2.45, 2.75) is 39.8 Å². The van der Waals surface area contributed by atoms with Crippen LogP contribution in [0.15, 0.2) is 12.3 Å². The van der Waals surface area contributed by atoms with E-state index in [2.05, 4.69) is 31.3 Å². The standard InChI is InChI=1S/C10H20N4/c1-4-14-10(5-6-12-14)9(13-11)7-8(2)3/h5-6,8-9,13H,4,7,11H2,1-3H3. The number of hydrogen-bond acceptors (Lipinski definition) is 3. The summed E-state index contributed by atoms with van der Waals surface area (Å²) in [4.78, 5) is 0. The lowest BCUT2D eigenvalue weighted by atomic mass is 10.0. The number of nitrogens with two attached hydrogens (primary N) is 1. The molecule has 0 aromatic carbocycles. The van der Waals surface area contributed by atoms with E-state index in [4.69, 9.17) is 5.84 Å². The van der Waals surface area contributed by atoms with Crippen LogP contribution in [-0.4, -0.2) is 9.78 Å². The van der Waals surface area contributed by atoms with E-state index in [1.54, 1.807) is 0 Å². The Balaban J connectivity index is 2.77. The van der Waals surface area contributed by atoms with Crippen molar-refractivity contribution in [3.05, 3.63) is 18.0 Å². The first-order valence-corrected chi connectivity index (χ1v) is 5.16. The van der Waals surface area contributed by atoms with E-state index in [1.807, 2.05) is 16.9 Å². The molecular formula is C10H20N4. The van der Waals surface area contributed by atoms with Gasteiger partial charge < -0.3 is 0 Å². The lowest BCUT2D eigenvalue weighted by Gasteiger charge is -2.18. The third-order valence-corrected chi connectivity index (χ3v) is 2.31. The van der Waals surface area contributed by atoms with Crippen LogP contribution < -0.4 is 11.3 Å². The Kier molecular flexibility index (Phi) is 4.10. The maximum atomic E-state index is 5.54. The van der Waals surface area contributed by atoms with E-state index >= 15 is 0 Å². The van der Waals surface area contributed by atoms with Gasteiger partial charge in [-0.1, -0.05) is 13.8 Å². The van der Waals surface area contributed by atoms with Crippen LogP contribution in [0.5, 0.6) is 0 Å². The zero-order valence-electron chi connectivity index (χ0n) is 9.20. The summed E-state index contributed by atoms with van der Waals surface area (Å²) in [6, 6.07) is 2.23. The second-order valence-electron chi connectivity index (χ2n) is 3.92. The molecule has 0 saturated heterocycles. The molecule has 0 bridgehead atoms. The molecule has 0 saturated carbocycles. The predicted molar refractivity (Wildman–Crippen MR) is 57.4 cm³/mol. The van der Waals surface area contributed by atoms with Crippen LogP contribution in [0, 0.1) is 5.92 Å². The molecule has 0 aliphatic rings. The smallest absolute Gasteiger partial charge is 0.0631 e. The van der Waals surface area contributed by atoms with E-state index in [0.29, 0.717) is 5.92 Å². The summed E-state index contributed by atoms with van der Waals surface area (Å²) in [6.45, 7) is 7.35. The van der Waals surface area contributed by atoms with Gasteiger partial charge in [0.2, 0.25) is 0 Å². The number of hydrazine groups is 1. The Morgan fingerprint density at radius 3 is 2.79 bits per heavy atom. The fraction of sp³-hybridized carbons (Fsp3) is 0.700. The van der Waals surface area contributed by atoms with Crippen molar-refractivity contribution in [2.75, 3.05) is 0 Å². The van der Waals surface area contributed by atoms with Crippen LogP contribution in [0.2, 0.25) is 0 Å². The van der Waals surface area contributed by atoms with E-state index < -0.39 is 0 Å². The van der Waals surface area contributed by atoms with E-state index in [1.165, 1.54) is 5.69 Å². The van der Waals surface area contributed by atoms with Gasteiger partial charge in [-0.05, 0) is 25.3 Å². The molecule has 1 heterocycles. The topological polar surface area (TPSA) is 55.9 Å². The minimum absolute atomic E-state index is 0.206. The van der Waals surface area contributed by atoms with Crippen molar-refractivity contribution < 1.29 is 0 Å². The van der Waals surface area contributed by atoms with Gasteiger partial charge >= 0.3 is 0 Å². The maximum absolute atomic E-state index is 5.54. The molecule has 1 aromatic rings. The molecule has 0 aliphatic heterocycles. The molecule has 3 N–H and O–H groups in total. The number of nitrogens with one attached hydrogen (secondary N) is 1. The summed E-state index contributed by atoms with van der Waals surface area (Å²) in [6.07, 6.45) is 2.85. The number of rotatable bonds is 5. The van der Waals surface area contributed by atoms with Crippen molar-refractivity contribution in [1.82, 2.24) is 15.2 Å². The first-order chi connectivity index (χ1) is 6.69. The van der Waals surface area contributed by atoms with Crippen LogP contribution in [0.1, 0.15) is 38.9 Å². The third-order valence-electron chi connectivity index (χ3n) is 2.31. The van der Waals surface area contributed by atoms with Gasteiger partial charge in [0.1, 0.15) is 0 Å². The normalized spacial score (nSPS) is 13.5. The van der Waals surface area contributed by atoms with Crippen molar-refractivity contribution in [3.8, 4) is 0 Å². The van der Waals surface area contributed by atoms with Gasteiger partial charge in [0.25, 0.3) is 0 Å². The quantitative estimate of drug-likeness (QED) is 0.553. The lowest BCUT2D eigenvalue weighted by Crippen LogP contribution is -2.30. The van der Waals surface area contributed by atoms with Crippen LogP contribution in [0.3, 0.4) is 0 Å². The van der Waals surface area contributed by atoms with Gasteiger partial charge in [0.15, 0.2) is 0 Å². The highest BCUT2D eigenvalue weighted by Gasteiger charge is 2.15. The largest absolute Gasteiger partial charge is 0.271 e. The fourth-order valence-electron chi connectivity index (χ4n) is 1.65. The zero-order chi connectivity index (χ0) is 10.6. The molecule has 1 rings (SSSR count). The van der Waals surface area contributed by atoms with Gasteiger partial charge in [-0.3, -0.25) is 16.0 Å². The average molecular weight is 196 g/mol. The maximum Gasteiger partial charge on any atom is 0.0631 e. The molecule has 1 aromatic heterocycles. The molecule has 4 heteroatoms. The monoisotopic (exact) mass is 196 g/mol. The van der Waals surface area contributed by atoms with Crippen LogP contribution in [0.4, 0.5) is 0 Å². The molecule has 0 amide bonds. The first-order valence-electron chi connectivity index (χ1n) is 5.16. The van der Waals surface area contributed by atoms with Crippen LogP contribution >= 0.6 is 0 Å². The average Bonchev–Trinajstić information content (AvgIpc) is 2.61. The minimum Gasteiger partial charge on any atom is -0.271 e.